The van der Waals surface area contributed by atoms with Gasteiger partial charge >= 0.3 is 0 Å². The van der Waals surface area contributed by atoms with Crippen LogP contribution >= 0.6 is 15.9 Å². The van der Waals surface area contributed by atoms with Crippen molar-refractivity contribution in [3.8, 4) is 0 Å². The summed E-state index contributed by atoms with van der Waals surface area (Å²) in [6.07, 6.45) is -1.66. The third kappa shape index (κ3) is 2.02. The van der Waals surface area contributed by atoms with Crippen molar-refractivity contribution in [1.29, 1.82) is 0 Å². The molecule has 72 valence electrons. The third-order valence-corrected chi connectivity index (χ3v) is 2.27. The Labute approximate surface area is 82.1 Å². The molecule has 0 bridgehead atoms. The van der Waals surface area contributed by atoms with Gasteiger partial charge < -0.3 is 0 Å². The lowest BCUT2D eigenvalue weighted by molar-refractivity contribution is 0.149. The Hall–Kier alpha value is -0.580. The molecule has 0 N–H and O–H groups in total. The van der Waals surface area contributed by atoms with Crippen LogP contribution in [0.3, 0.4) is 0 Å². The van der Waals surface area contributed by atoms with E-state index in [0.717, 1.165) is 6.20 Å². The maximum atomic E-state index is 13.2. The molecule has 1 aromatic heterocycles. The Kier molecular flexibility index (Phi) is 3.30. The molecule has 0 saturated heterocycles. The van der Waals surface area contributed by atoms with E-state index in [1.807, 2.05) is 0 Å². The number of hydrogen-bond donors (Lipinski definition) is 0. The lowest BCUT2D eigenvalue weighted by Gasteiger charge is -2.07. The number of hydrogen-bond acceptors (Lipinski definition) is 1. The van der Waals surface area contributed by atoms with Crippen LogP contribution in [-0.4, -0.2) is 4.98 Å². The van der Waals surface area contributed by atoms with Crippen molar-refractivity contribution < 1.29 is 13.2 Å². The molecule has 1 rings (SSSR count). The zero-order chi connectivity index (χ0) is 10.0. The van der Waals surface area contributed by atoms with Gasteiger partial charge in [-0.15, -0.1) is 0 Å². The quantitative estimate of drug-likeness (QED) is 0.737. The Morgan fingerprint density at radius 1 is 1.54 bits per heavy atom. The second kappa shape index (κ2) is 4.09. The first kappa shape index (κ1) is 10.5. The van der Waals surface area contributed by atoms with Crippen molar-refractivity contribution in [2.75, 3.05) is 0 Å². The predicted molar refractivity (Wildman–Crippen MR) is 46.5 cm³/mol. The monoisotopic (exact) mass is 253 g/mol. The van der Waals surface area contributed by atoms with Gasteiger partial charge in [-0.2, -0.15) is 0 Å². The van der Waals surface area contributed by atoms with Crippen LogP contribution < -0.4 is 0 Å². The molecule has 0 aliphatic carbocycles. The number of pyridine rings is 1. The second-order valence-electron chi connectivity index (χ2n) is 2.53. The third-order valence-electron chi connectivity index (χ3n) is 1.74. The van der Waals surface area contributed by atoms with Gasteiger partial charge in [0, 0.05) is 17.1 Å². The van der Waals surface area contributed by atoms with E-state index in [1.54, 1.807) is 0 Å². The molecule has 0 fully saturated rings. The summed E-state index contributed by atoms with van der Waals surface area (Å²) in [5.74, 6) is -0.658. The number of nitrogens with zero attached hydrogens (tertiary/aromatic N) is 1. The van der Waals surface area contributed by atoms with Crippen LogP contribution in [0.25, 0.3) is 0 Å². The maximum Gasteiger partial charge on any atom is 0.265 e. The smallest absolute Gasteiger partial charge is 0.257 e. The molecular weight excluding hydrogens is 247 g/mol. The van der Waals surface area contributed by atoms with Gasteiger partial charge in [0.05, 0.1) is 5.69 Å². The van der Waals surface area contributed by atoms with Crippen molar-refractivity contribution in [2.24, 2.45) is 0 Å². The molecule has 13 heavy (non-hydrogen) atoms. The van der Waals surface area contributed by atoms with Crippen LogP contribution in [0.5, 0.6) is 0 Å². The number of aromatic nitrogens is 1. The van der Waals surface area contributed by atoms with Crippen molar-refractivity contribution in [2.45, 2.75) is 18.7 Å². The average Bonchev–Trinajstić information content (AvgIpc) is 2.09. The minimum Gasteiger partial charge on any atom is -0.257 e. The van der Waals surface area contributed by atoms with Gasteiger partial charge in [0.2, 0.25) is 0 Å². The first-order chi connectivity index (χ1) is 6.07. The number of rotatable bonds is 2. The molecule has 0 atom stereocenters. The molecule has 0 aliphatic rings. The zero-order valence-corrected chi connectivity index (χ0v) is 8.41. The van der Waals surface area contributed by atoms with Gasteiger partial charge in [-0.05, 0) is 12.5 Å². The highest BCUT2D eigenvalue weighted by Gasteiger charge is 2.16. The van der Waals surface area contributed by atoms with Gasteiger partial charge in [-0.3, -0.25) is 4.98 Å². The zero-order valence-electron chi connectivity index (χ0n) is 6.82. The van der Waals surface area contributed by atoms with Gasteiger partial charge in [-0.1, -0.05) is 15.9 Å². The summed E-state index contributed by atoms with van der Waals surface area (Å²) in [7, 11) is 0. The van der Waals surface area contributed by atoms with E-state index < -0.39 is 12.2 Å². The summed E-state index contributed by atoms with van der Waals surface area (Å²) in [5.41, 5.74) is -0.219. The SMILES string of the molecule is Cc1c(C(F)F)cnc(CBr)c1F. The second-order valence-corrected chi connectivity index (χ2v) is 3.09. The van der Waals surface area contributed by atoms with Gasteiger partial charge in [0.1, 0.15) is 5.82 Å². The fourth-order valence-electron chi connectivity index (χ4n) is 0.957. The Morgan fingerprint density at radius 3 is 2.62 bits per heavy atom. The molecule has 0 aliphatic heterocycles. The first-order valence-electron chi connectivity index (χ1n) is 3.56. The predicted octanol–water partition coefficient (Wildman–Crippen LogP) is 3.36. The van der Waals surface area contributed by atoms with Gasteiger partial charge in [-0.25, -0.2) is 13.2 Å². The topological polar surface area (TPSA) is 12.9 Å². The van der Waals surface area contributed by atoms with E-state index >= 15 is 0 Å². The normalized spacial score (nSPS) is 10.9. The Balaban J connectivity index is 3.23. The van der Waals surface area contributed by atoms with Gasteiger partial charge in [0.25, 0.3) is 6.43 Å². The summed E-state index contributed by atoms with van der Waals surface area (Å²) in [6, 6.07) is 0. The lowest BCUT2D eigenvalue weighted by atomic mass is 10.1. The Bertz CT molecular complexity index is 315. The first-order valence-corrected chi connectivity index (χ1v) is 4.68. The molecule has 0 spiro atoms. The van der Waals surface area contributed by atoms with Crippen LogP contribution in [0.2, 0.25) is 0 Å². The number of alkyl halides is 3. The largest absolute Gasteiger partial charge is 0.265 e. The van der Waals surface area contributed by atoms with E-state index in [9.17, 15) is 13.2 Å². The summed E-state index contributed by atoms with van der Waals surface area (Å²) < 4.78 is 37.6. The molecule has 1 aromatic rings. The minimum absolute atomic E-state index is 0.0283. The Morgan fingerprint density at radius 2 is 2.15 bits per heavy atom. The molecule has 0 saturated carbocycles. The molecular formula is C8H7BrF3N. The van der Waals surface area contributed by atoms with E-state index in [0.29, 0.717) is 0 Å². The fourth-order valence-corrected chi connectivity index (χ4v) is 1.35. The van der Waals surface area contributed by atoms with Crippen LogP contribution in [0.4, 0.5) is 13.2 Å². The molecule has 0 unspecified atom stereocenters. The average molecular weight is 254 g/mol. The van der Waals surface area contributed by atoms with Crippen molar-refractivity contribution in [3.63, 3.8) is 0 Å². The van der Waals surface area contributed by atoms with Crippen LogP contribution in [0.1, 0.15) is 23.2 Å². The standard InChI is InChI=1S/C8H7BrF3N/c1-4-5(8(11)12)3-13-6(2-9)7(4)10/h3,8H,2H2,1H3. The van der Waals surface area contributed by atoms with E-state index in [-0.39, 0.29) is 22.2 Å². The van der Waals surface area contributed by atoms with Crippen molar-refractivity contribution in [3.05, 3.63) is 28.8 Å². The highest BCUT2D eigenvalue weighted by atomic mass is 79.9. The number of halogens is 4. The summed E-state index contributed by atoms with van der Waals surface area (Å²) in [5, 5.41) is 0.225. The van der Waals surface area contributed by atoms with Gasteiger partial charge in [0.15, 0.2) is 0 Å². The summed E-state index contributed by atoms with van der Waals surface area (Å²) in [4.78, 5) is 3.58. The van der Waals surface area contributed by atoms with Crippen molar-refractivity contribution in [1.82, 2.24) is 4.98 Å². The van der Waals surface area contributed by atoms with Crippen LogP contribution in [0, 0.1) is 12.7 Å². The maximum absolute atomic E-state index is 13.2. The highest BCUT2D eigenvalue weighted by molar-refractivity contribution is 9.08. The van der Waals surface area contributed by atoms with Crippen LogP contribution in [-0.2, 0) is 5.33 Å². The molecule has 1 heterocycles. The van der Waals surface area contributed by atoms with E-state index in [2.05, 4.69) is 20.9 Å². The minimum atomic E-state index is -2.67. The molecule has 5 heteroatoms. The molecule has 0 amide bonds. The fraction of sp³-hybridized carbons (Fsp3) is 0.375. The highest BCUT2D eigenvalue weighted by Crippen LogP contribution is 2.25. The summed E-state index contributed by atoms with van der Waals surface area (Å²) in [6.45, 7) is 1.32. The molecule has 0 radical (unpaired) electrons. The van der Waals surface area contributed by atoms with E-state index in [1.165, 1.54) is 6.92 Å². The molecule has 0 aromatic carbocycles. The van der Waals surface area contributed by atoms with Crippen LogP contribution in [0.15, 0.2) is 6.20 Å². The summed E-state index contributed by atoms with van der Waals surface area (Å²) >= 11 is 3.01. The molecule has 1 nitrogen and oxygen atoms in total. The lowest BCUT2D eigenvalue weighted by Crippen LogP contribution is -2.00. The van der Waals surface area contributed by atoms with E-state index in [4.69, 9.17) is 0 Å². The van der Waals surface area contributed by atoms with Crippen molar-refractivity contribution >= 4 is 15.9 Å².